The van der Waals surface area contributed by atoms with Crippen molar-refractivity contribution in [2.24, 2.45) is 0 Å². The predicted octanol–water partition coefficient (Wildman–Crippen LogP) is 3.55. The van der Waals surface area contributed by atoms with Crippen LogP contribution in [0.5, 0.6) is 0 Å². The summed E-state index contributed by atoms with van der Waals surface area (Å²) < 4.78 is 15.6. The third kappa shape index (κ3) is 2.45. The maximum Gasteiger partial charge on any atom is 0.123 e. The van der Waals surface area contributed by atoms with Gasteiger partial charge in [0, 0.05) is 24.3 Å². The second-order valence-electron chi connectivity index (χ2n) is 4.94. The third-order valence-electron chi connectivity index (χ3n) is 3.48. The van der Waals surface area contributed by atoms with Crippen molar-refractivity contribution in [1.29, 1.82) is 0 Å². The van der Waals surface area contributed by atoms with Crippen LogP contribution in [0.25, 0.3) is 10.9 Å². The smallest absolute Gasteiger partial charge is 0.123 e. The van der Waals surface area contributed by atoms with Gasteiger partial charge in [0.2, 0.25) is 0 Å². The van der Waals surface area contributed by atoms with Gasteiger partial charge in [-0.1, -0.05) is 30.3 Å². The number of hydrogen-bond donors (Lipinski definition) is 1. The molecule has 0 saturated carbocycles. The minimum Gasteiger partial charge on any atom is -0.339 e. The molecule has 3 aromatic rings. The zero-order chi connectivity index (χ0) is 13.9. The van der Waals surface area contributed by atoms with Crippen LogP contribution in [0.2, 0.25) is 0 Å². The average molecular weight is 268 g/mol. The molecule has 0 aliphatic rings. The van der Waals surface area contributed by atoms with Crippen molar-refractivity contribution in [3.8, 4) is 0 Å². The Kier molecular flexibility index (Phi) is 3.52. The van der Waals surface area contributed by atoms with Crippen LogP contribution in [-0.2, 0) is 13.1 Å². The third-order valence-corrected chi connectivity index (χ3v) is 3.48. The van der Waals surface area contributed by atoms with Gasteiger partial charge < -0.3 is 9.88 Å². The van der Waals surface area contributed by atoms with Gasteiger partial charge >= 0.3 is 0 Å². The number of halogens is 1. The Morgan fingerprint density at radius 2 is 1.90 bits per heavy atom. The Hall–Kier alpha value is -2.13. The van der Waals surface area contributed by atoms with Crippen molar-refractivity contribution < 1.29 is 4.39 Å². The molecule has 0 unspecified atom stereocenters. The summed E-state index contributed by atoms with van der Waals surface area (Å²) in [5.74, 6) is -0.186. The van der Waals surface area contributed by atoms with Gasteiger partial charge in [-0.2, -0.15) is 0 Å². The summed E-state index contributed by atoms with van der Waals surface area (Å²) in [5, 5.41) is 4.40. The van der Waals surface area contributed by atoms with Gasteiger partial charge in [-0.25, -0.2) is 4.39 Å². The molecule has 1 N–H and O–H groups in total. The molecular formula is C17H17FN2. The monoisotopic (exact) mass is 268 g/mol. The molecular weight excluding hydrogens is 251 g/mol. The van der Waals surface area contributed by atoms with Gasteiger partial charge in [0.05, 0.1) is 0 Å². The fraction of sp³-hybridized carbons (Fsp3) is 0.176. The topological polar surface area (TPSA) is 17.0 Å². The fourth-order valence-electron chi connectivity index (χ4n) is 2.60. The van der Waals surface area contributed by atoms with Crippen LogP contribution in [0.4, 0.5) is 4.39 Å². The van der Waals surface area contributed by atoms with Gasteiger partial charge in [0.1, 0.15) is 5.82 Å². The Morgan fingerprint density at radius 1 is 1.05 bits per heavy atom. The molecule has 102 valence electrons. The second-order valence-corrected chi connectivity index (χ2v) is 4.94. The van der Waals surface area contributed by atoms with E-state index in [4.69, 9.17) is 0 Å². The maximum absolute atomic E-state index is 13.3. The molecule has 1 aromatic heterocycles. The SMILES string of the molecule is CNCc1cc2ccccc2n1Cc1cccc(F)c1. The summed E-state index contributed by atoms with van der Waals surface area (Å²) in [6, 6.07) is 17.3. The van der Waals surface area contributed by atoms with E-state index in [9.17, 15) is 4.39 Å². The Labute approximate surface area is 117 Å². The molecule has 0 radical (unpaired) electrons. The van der Waals surface area contributed by atoms with Crippen LogP contribution in [0.15, 0.2) is 54.6 Å². The lowest BCUT2D eigenvalue weighted by Crippen LogP contribution is -2.11. The minimum atomic E-state index is -0.186. The molecule has 20 heavy (non-hydrogen) atoms. The molecule has 0 amide bonds. The molecule has 0 atom stereocenters. The number of rotatable bonds is 4. The summed E-state index contributed by atoms with van der Waals surface area (Å²) in [4.78, 5) is 0. The van der Waals surface area contributed by atoms with Gasteiger partial charge in [-0.05, 0) is 42.3 Å². The summed E-state index contributed by atoms with van der Waals surface area (Å²) in [6.45, 7) is 1.48. The lowest BCUT2D eigenvalue weighted by Gasteiger charge is -2.11. The van der Waals surface area contributed by atoms with E-state index in [0.717, 1.165) is 12.1 Å². The molecule has 0 saturated heterocycles. The minimum absolute atomic E-state index is 0.186. The first-order valence-corrected chi connectivity index (χ1v) is 6.74. The normalized spacial score (nSPS) is 11.1. The van der Waals surface area contributed by atoms with Crippen LogP contribution in [0.3, 0.4) is 0 Å². The van der Waals surface area contributed by atoms with E-state index in [2.05, 4.69) is 28.1 Å². The summed E-state index contributed by atoms with van der Waals surface area (Å²) in [5.41, 5.74) is 3.36. The van der Waals surface area contributed by atoms with E-state index in [-0.39, 0.29) is 5.82 Å². The number of fused-ring (bicyclic) bond motifs is 1. The molecule has 3 rings (SSSR count). The highest BCUT2D eigenvalue weighted by molar-refractivity contribution is 5.81. The quantitative estimate of drug-likeness (QED) is 0.765. The van der Waals surface area contributed by atoms with Crippen molar-refractivity contribution >= 4 is 10.9 Å². The lowest BCUT2D eigenvalue weighted by atomic mass is 10.2. The Bertz CT molecular complexity index is 731. The van der Waals surface area contributed by atoms with Crippen molar-refractivity contribution in [2.45, 2.75) is 13.1 Å². The number of para-hydroxylation sites is 1. The number of nitrogens with zero attached hydrogens (tertiary/aromatic N) is 1. The molecule has 0 fully saturated rings. The highest BCUT2D eigenvalue weighted by Gasteiger charge is 2.08. The van der Waals surface area contributed by atoms with Crippen molar-refractivity contribution in [3.05, 3.63) is 71.7 Å². The average Bonchev–Trinajstić information content (AvgIpc) is 2.78. The van der Waals surface area contributed by atoms with Gasteiger partial charge in [0.25, 0.3) is 0 Å². The zero-order valence-electron chi connectivity index (χ0n) is 11.4. The van der Waals surface area contributed by atoms with Crippen LogP contribution in [-0.4, -0.2) is 11.6 Å². The van der Waals surface area contributed by atoms with Crippen molar-refractivity contribution in [3.63, 3.8) is 0 Å². The Balaban J connectivity index is 2.06. The molecule has 0 spiro atoms. The van der Waals surface area contributed by atoms with E-state index in [1.54, 1.807) is 12.1 Å². The number of hydrogen-bond acceptors (Lipinski definition) is 1. The first-order valence-electron chi connectivity index (χ1n) is 6.74. The number of benzene rings is 2. The van der Waals surface area contributed by atoms with E-state index in [0.29, 0.717) is 6.54 Å². The van der Waals surface area contributed by atoms with Crippen LogP contribution in [0, 0.1) is 5.82 Å². The molecule has 0 bridgehead atoms. The Morgan fingerprint density at radius 3 is 2.70 bits per heavy atom. The molecule has 0 aliphatic carbocycles. The maximum atomic E-state index is 13.3. The standard InChI is InChI=1S/C17H17FN2/c1-19-11-16-10-14-6-2-3-8-17(14)20(16)12-13-5-4-7-15(18)9-13/h2-10,19H,11-12H2,1H3. The van der Waals surface area contributed by atoms with E-state index >= 15 is 0 Å². The van der Waals surface area contributed by atoms with E-state index in [1.807, 2.05) is 25.2 Å². The number of nitrogens with one attached hydrogen (secondary N) is 1. The van der Waals surface area contributed by atoms with Gasteiger partial charge in [0.15, 0.2) is 0 Å². The lowest BCUT2D eigenvalue weighted by molar-refractivity contribution is 0.622. The van der Waals surface area contributed by atoms with Crippen molar-refractivity contribution in [2.75, 3.05) is 7.05 Å². The summed E-state index contributed by atoms with van der Waals surface area (Å²) >= 11 is 0. The second kappa shape index (κ2) is 5.47. The highest BCUT2D eigenvalue weighted by Crippen LogP contribution is 2.21. The molecule has 2 nitrogen and oxygen atoms in total. The fourth-order valence-corrected chi connectivity index (χ4v) is 2.60. The first kappa shape index (κ1) is 12.9. The van der Waals surface area contributed by atoms with Crippen LogP contribution < -0.4 is 5.32 Å². The zero-order valence-corrected chi connectivity index (χ0v) is 11.4. The first-order chi connectivity index (χ1) is 9.78. The van der Waals surface area contributed by atoms with E-state index in [1.165, 1.54) is 22.7 Å². The van der Waals surface area contributed by atoms with Crippen LogP contribution >= 0.6 is 0 Å². The van der Waals surface area contributed by atoms with Gasteiger partial charge in [-0.15, -0.1) is 0 Å². The van der Waals surface area contributed by atoms with Crippen LogP contribution in [0.1, 0.15) is 11.3 Å². The summed E-state index contributed by atoms with van der Waals surface area (Å²) in [7, 11) is 1.93. The highest BCUT2D eigenvalue weighted by atomic mass is 19.1. The number of aromatic nitrogens is 1. The molecule has 3 heteroatoms. The van der Waals surface area contributed by atoms with E-state index < -0.39 is 0 Å². The van der Waals surface area contributed by atoms with Crippen molar-refractivity contribution in [1.82, 2.24) is 9.88 Å². The molecule has 2 aromatic carbocycles. The van der Waals surface area contributed by atoms with Gasteiger partial charge in [-0.3, -0.25) is 0 Å². The summed E-state index contributed by atoms with van der Waals surface area (Å²) in [6.07, 6.45) is 0. The molecule has 0 aliphatic heterocycles. The largest absolute Gasteiger partial charge is 0.339 e. The predicted molar refractivity (Wildman–Crippen MR) is 80.2 cm³/mol. The molecule has 1 heterocycles.